The summed E-state index contributed by atoms with van der Waals surface area (Å²) in [6, 6.07) is 3.31. The van der Waals surface area contributed by atoms with E-state index in [1.54, 1.807) is 6.07 Å². The largest absolute Gasteiger partial charge is 0.463 e. The normalized spacial score (nSPS) is 21.7. The summed E-state index contributed by atoms with van der Waals surface area (Å²) in [6.07, 6.45) is 3.56. The van der Waals surface area contributed by atoms with Crippen LogP contribution in [-0.4, -0.2) is 25.0 Å². The number of nitrogens with two attached hydrogens (primary N) is 1. The smallest absolute Gasteiger partial charge is 0.373 e. The zero-order valence-corrected chi connectivity index (χ0v) is 11.6. The van der Waals surface area contributed by atoms with Crippen molar-refractivity contribution in [1.29, 1.82) is 0 Å². The molecule has 110 valence electrons. The number of rotatable bonds is 5. The van der Waals surface area contributed by atoms with Crippen LogP contribution in [0.25, 0.3) is 0 Å². The first-order chi connectivity index (χ1) is 9.60. The number of nitrogens with one attached hydrogen (secondary N) is 1. The number of furan rings is 1. The molecule has 1 aromatic rings. The second-order valence-corrected chi connectivity index (χ2v) is 5.09. The predicted octanol–water partition coefficient (Wildman–Crippen LogP) is 1.20. The lowest BCUT2D eigenvalue weighted by Crippen LogP contribution is -2.31. The summed E-state index contributed by atoms with van der Waals surface area (Å²) >= 11 is 0. The first kappa shape index (κ1) is 14.6. The molecule has 0 saturated heterocycles. The number of amides is 1. The van der Waals surface area contributed by atoms with Gasteiger partial charge in [-0.1, -0.05) is 6.42 Å². The Hall–Kier alpha value is -1.82. The van der Waals surface area contributed by atoms with Gasteiger partial charge < -0.3 is 20.2 Å². The fraction of sp³-hybridized carbons (Fsp3) is 0.571. The molecule has 0 spiro atoms. The summed E-state index contributed by atoms with van der Waals surface area (Å²) in [5, 5.41) is 2.78. The van der Waals surface area contributed by atoms with Crippen LogP contribution in [0.5, 0.6) is 0 Å². The Balaban J connectivity index is 1.78. The lowest BCUT2D eigenvalue weighted by atomic mass is 10.00. The van der Waals surface area contributed by atoms with Crippen molar-refractivity contribution in [2.45, 2.75) is 38.3 Å². The van der Waals surface area contributed by atoms with E-state index in [0.717, 1.165) is 19.3 Å². The maximum atomic E-state index is 11.8. The van der Waals surface area contributed by atoms with Gasteiger partial charge >= 0.3 is 5.97 Å². The van der Waals surface area contributed by atoms with Crippen LogP contribution >= 0.6 is 0 Å². The average molecular weight is 280 g/mol. The van der Waals surface area contributed by atoms with Crippen LogP contribution in [0.4, 0.5) is 0 Å². The summed E-state index contributed by atoms with van der Waals surface area (Å²) in [5.74, 6) is 0.365. The Bertz CT molecular complexity index is 483. The van der Waals surface area contributed by atoms with Crippen LogP contribution in [0.1, 0.15) is 42.0 Å². The minimum Gasteiger partial charge on any atom is -0.463 e. The third-order valence-corrected chi connectivity index (χ3v) is 3.67. The van der Waals surface area contributed by atoms with E-state index < -0.39 is 5.97 Å². The molecule has 1 fully saturated rings. The van der Waals surface area contributed by atoms with Gasteiger partial charge in [0.2, 0.25) is 11.7 Å². The molecule has 1 aliphatic rings. The molecule has 0 aromatic carbocycles. The predicted molar refractivity (Wildman–Crippen MR) is 71.8 cm³/mol. The van der Waals surface area contributed by atoms with E-state index >= 15 is 0 Å². The highest BCUT2D eigenvalue weighted by Crippen LogP contribution is 2.26. The first-order valence-electron chi connectivity index (χ1n) is 6.79. The molecule has 1 heterocycles. The van der Waals surface area contributed by atoms with Crippen molar-refractivity contribution in [1.82, 2.24) is 5.32 Å². The average Bonchev–Trinajstić information content (AvgIpc) is 3.06. The van der Waals surface area contributed by atoms with Gasteiger partial charge in [0, 0.05) is 12.5 Å². The quantitative estimate of drug-likeness (QED) is 0.790. The molecule has 0 radical (unpaired) electrons. The third-order valence-electron chi connectivity index (χ3n) is 3.67. The lowest BCUT2D eigenvalue weighted by molar-refractivity contribution is -0.122. The van der Waals surface area contributed by atoms with Crippen molar-refractivity contribution in [3.05, 3.63) is 23.7 Å². The summed E-state index contributed by atoms with van der Waals surface area (Å²) < 4.78 is 9.81. The first-order valence-corrected chi connectivity index (χ1v) is 6.79. The monoisotopic (exact) mass is 280 g/mol. The molecule has 0 bridgehead atoms. The molecule has 3 N–H and O–H groups in total. The molecule has 1 aliphatic carbocycles. The molecule has 2 rings (SSSR count). The molecular weight excluding hydrogens is 260 g/mol. The van der Waals surface area contributed by atoms with Gasteiger partial charge in [0.1, 0.15) is 5.76 Å². The fourth-order valence-electron chi connectivity index (χ4n) is 2.50. The zero-order chi connectivity index (χ0) is 14.5. The van der Waals surface area contributed by atoms with E-state index in [2.05, 4.69) is 10.1 Å². The number of hydrogen-bond acceptors (Lipinski definition) is 5. The van der Waals surface area contributed by atoms with E-state index in [-0.39, 0.29) is 30.2 Å². The number of esters is 1. The van der Waals surface area contributed by atoms with Crippen LogP contribution in [0.2, 0.25) is 0 Å². The summed E-state index contributed by atoms with van der Waals surface area (Å²) in [5.41, 5.74) is 5.94. The van der Waals surface area contributed by atoms with Crippen molar-refractivity contribution < 1.29 is 18.7 Å². The van der Waals surface area contributed by atoms with Crippen LogP contribution in [-0.2, 0) is 16.1 Å². The van der Waals surface area contributed by atoms with E-state index in [4.69, 9.17) is 10.2 Å². The molecule has 20 heavy (non-hydrogen) atoms. The molecule has 2 atom stereocenters. The fourth-order valence-corrected chi connectivity index (χ4v) is 2.50. The molecule has 0 aliphatic heterocycles. The van der Waals surface area contributed by atoms with Crippen molar-refractivity contribution in [3.8, 4) is 0 Å². The maximum Gasteiger partial charge on any atom is 0.373 e. The van der Waals surface area contributed by atoms with E-state index in [1.807, 2.05) is 0 Å². The van der Waals surface area contributed by atoms with Crippen molar-refractivity contribution in [3.63, 3.8) is 0 Å². The number of hydrogen-bond donors (Lipinski definition) is 2. The molecule has 1 saturated carbocycles. The third kappa shape index (κ3) is 3.60. The standard InChI is InChI=1S/C14H20N2O4/c1-19-14(18)12-6-5-10(20-12)8-16-13(17)7-9-3-2-4-11(9)15/h5-6,9,11H,2-4,7-8,15H2,1H3,(H,16,17)/t9-,11+/m0/s1. The van der Waals surface area contributed by atoms with Crippen molar-refractivity contribution in [2.24, 2.45) is 11.7 Å². The van der Waals surface area contributed by atoms with Crippen LogP contribution in [0.3, 0.4) is 0 Å². The van der Waals surface area contributed by atoms with E-state index in [1.165, 1.54) is 13.2 Å². The summed E-state index contributed by atoms with van der Waals surface area (Å²) in [4.78, 5) is 23.0. The van der Waals surface area contributed by atoms with Crippen molar-refractivity contribution in [2.75, 3.05) is 7.11 Å². The van der Waals surface area contributed by atoms with Gasteiger partial charge in [0.15, 0.2) is 0 Å². The Kier molecular flexibility index (Phi) is 4.79. The van der Waals surface area contributed by atoms with Crippen LogP contribution in [0.15, 0.2) is 16.5 Å². The minimum absolute atomic E-state index is 0.0385. The molecule has 6 heteroatoms. The van der Waals surface area contributed by atoms with Gasteiger partial charge in [-0.25, -0.2) is 4.79 Å². The second kappa shape index (κ2) is 6.56. The van der Waals surface area contributed by atoms with E-state index in [0.29, 0.717) is 12.2 Å². The van der Waals surface area contributed by atoms with Gasteiger partial charge in [-0.05, 0) is 30.9 Å². The van der Waals surface area contributed by atoms with Gasteiger partial charge in [0.25, 0.3) is 0 Å². The zero-order valence-electron chi connectivity index (χ0n) is 11.6. The molecule has 0 unspecified atom stereocenters. The number of ether oxygens (including phenoxy) is 1. The van der Waals surface area contributed by atoms with Gasteiger partial charge in [-0.2, -0.15) is 0 Å². The Labute approximate surface area is 117 Å². The topological polar surface area (TPSA) is 94.6 Å². The van der Waals surface area contributed by atoms with Gasteiger partial charge in [-0.3, -0.25) is 4.79 Å². The Morgan fingerprint density at radius 2 is 2.25 bits per heavy atom. The van der Waals surface area contributed by atoms with Gasteiger partial charge in [0.05, 0.1) is 13.7 Å². The minimum atomic E-state index is -0.528. The SMILES string of the molecule is COC(=O)c1ccc(CNC(=O)C[C@@H]2CCC[C@H]2N)o1. The van der Waals surface area contributed by atoms with E-state index in [9.17, 15) is 9.59 Å². The number of methoxy groups -OCH3 is 1. The Morgan fingerprint density at radius 3 is 2.90 bits per heavy atom. The lowest BCUT2D eigenvalue weighted by Gasteiger charge is -2.14. The van der Waals surface area contributed by atoms with Gasteiger partial charge in [-0.15, -0.1) is 0 Å². The highest BCUT2D eigenvalue weighted by Gasteiger charge is 2.25. The second-order valence-electron chi connectivity index (χ2n) is 5.09. The molecular formula is C14H20N2O4. The highest BCUT2D eigenvalue weighted by molar-refractivity contribution is 5.86. The number of carbonyl (C=O) groups is 2. The number of carbonyl (C=O) groups excluding carboxylic acids is 2. The summed E-state index contributed by atoms with van der Waals surface area (Å²) in [7, 11) is 1.29. The summed E-state index contributed by atoms with van der Waals surface area (Å²) in [6.45, 7) is 0.262. The Morgan fingerprint density at radius 1 is 1.45 bits per heavy atom. The molecule has 1 amide bonds. The van der Waals surface area contributed by atoms with Crippen molar-refractivity contribution >= 4 is 11.9 Å². The molecule has 6 nitrogen and oxygen atoms in total. The highest BCUT2D eigenvalue weighted by atomic mass is 16.5. The van der Waals surface area contributed by atoms with Crippen LogP contribution in [0, 0.1) is 5.92 Å². The van der Waals surface area contributed by atoms with Crippen LogP contribution < -0.4 is 11.1 Å². The maximum absolute atomic E-state index is 11.8. The molecule has 1 aromatic heterocycles.